The standard InChI is InChI=1S/C24H27N5O3/c30-20(15-27-11-8-17-4-1-2-5-18(17)13-27)12-25-23(31)21-16-29-14-19(6-7-22(29)26-21)24(32)28-9-3-10-28/h1-2,4-7,14,16,20,30H,3,8-13,15H2,(H,25,31)/t20-/m1/s1. The summed E-state index contributed by atoms with van der Waals surface area (Å²) in [6, 6.07) is 11.9. The van der Waals surface area contributed by atoms with E-state index in [0.29, 0.717) is 17.8 Å². The molecule has 0 aliphatic carbocycles. The molecule has 3 aromatic rings. The van der Waals surface area contributed by atoms with Crippen molar-refractivity contribution in [2.24, 2.45) is 0 Å². The molecule has 1 atom stereocenters. The van der Waals surface area contributed by atoms with Crippen molar-refractivity contribution in [1.29, 1.82) is 0 Å². The summed E-state index contributed by atoms with van der Waals surface area (Å²) in [4.78, 5) is 33.3. The molecular weight excluding hydrogens is 406 g/mol. The molecule has 8 nitrogen and oxygen atoms in total. The van der Waals surface area contributed by atoms with E-state index < -0.39 is 6.10 Å². The van der Waals surface area contributed by atoms with E-state index in [1.54, 1.807) is 33.8 Å². The second kappa shape index (κ2) is 8.72. The zero-order valence-electron chi connectivity index (χ0n) is 17.9. The Morgan fingerprint density at radius 3 is 2.66 bits per heavy atom. The molecule has 0 spiro atoms. The maximum Gasteiger partial charge on any atom is 0.271 e. The first-order valence-corrected chi connectivity index (χ1v) is 11.1. The SMILES string of the molecule is O=C(NC[C@@H](O)CN1CCc2ccccc2C1)c1cn2cc(C(=O)N3CCC3)ccc2n1. The number of likely N-dealkylation sites (tertiary alicyclic amines) is 1. The smallest absolute Gasteiger partial charge is 0.271 e. The van der Waals surface area contributed by atoms with Gasteiger partial charge in [0.05, 0.1) is 11.7 Å². The Balaban J connectivity index is 1.16. The molecule has 32 heavy (non-hydrogen) atoms. The highest BCUT2D eigenvalue weighted by molar-refractivity contribution is 5.95. The highest BCUT2D eigenvalue weighted by atomic mass is 16.3. The van der Waals surface area contributed by atoms with Crippen LogP contribution in [0.1, 0.15) is 38.4 Å². The number of nitrogens with one attached hydrogen (secondary N) is 1. The Labute approximate surface area is 186 Å². The van der Waals surface area contributed by atoms with Gasteiger partial charge in [0.25, 0.3) is 11.8 Å². The lowest BCUT2D eigenvalue weighted by Crippen LogP contribution is -2.42. The number of imidazole rings is 1. The first-order valence-electron chi connectivity index (χ1n) is 11.1. The van der Waals surface area contributed by atoms with Crippen LogP contribution < -0.4 is 5.32 Å². The molecule has 1 fully saturated rings. The van der Waals surface area contributed by atoms with E-state index in [-0.39, 0.29) is 24.1 Å². The number of aliphatic hydroxyl groups excluding tert-OH is 1. The van der Waals surface area contributed by atoms with Gasteiger partial charge in [0.1, 0.15) is 11.3 Å². The fourth-order valence-electron chi connectivity index (χ4n) is 4.30. The number of benzene rings is 1. The van der Waals surface area contributed by atoms with Gasteiger partial charge >= 0.3 is 0 Å². The first-order chi connectivity index (χ1) is 15.6. The largest absolute Gasteiger partial charge is 0.390 e. The topological polar surface area (TPSA) is 90.2 Å². The summed E-state index contributed by atoms with van der Waals surface area (Å²) in [6.45, 7) is 3.95. The maximum atomic E-state index is 12.6. The van der Waals surface area contributed by atoms with Crippen LogP contribution in [0, 0.1) is 0 Å². The summed E-state index contributed by atoms with van der Waals surface area (Å²) in [7, 11) is 0. The molecule has 5 rings (SSSR count). The lowest BCUT2D eigenvalue weighted by Gasteiger charge is -2.30. The number of fused-ring (bicyclic) bond motifs is 2. The van der Waals surface area contributed by atoms with Crippen molar-refractivity contribution in [2.75, 3.05) is 32.7 Å². The number of hydrogen-bond donors (Lipinski definition) is 2. The van der Waals surface area contributed by atoms with Crippen LogP contribution in [0.2, 0.25) is 0 Å². The highest BCUT2D eigenvalue weighted by Crippen LogP contribution is 2.18. The Morgan fingerprint density at radius 2 is 1.88 bits per heavy atom. The third kappa shape index (κ3) is 4.24. The van der Waals surface area contributed by atoms with Crippen LogP contribution in [0.4, 0.5) is 0 Å². The molecule has 2 aliphatic heterocycles. The lowest BCUT2D eigenvalue weighted by molar-refractivity contribution is 0.0651. The number of pyridine rings is 1. The molecule has 0 saturated carbocycles. The number of nitrogens with zero attached hydrogens (tertiary/aromatic N) is 4. The average Bonchev–Trinajstić information content (AvgIpc) is 3.19. The van der Waals surface area contributed by atoms with Gasteiger partial charge in [-0.3, -0.25) is 14.5 Å². The maximum absolute atomic E-state index is 12.6. The van der Waals surface area contributed by atoms with Crippen LogP contribution in [-0.4, -0.2) is 74.9 Å². The van der Waals surface area contributed by atoms with Gasteiger partial charge in [0.15, 0.2) is 0 Å². The monoisotopic (exact) mass is 433 g/mol. The van der Waals surface area contributed by atoms with Crippen molar-refractivity contribution >= 4 is 17.5 Å². The number of aromatic nitrogens is 2. The summed E-state index contributed by atoms with van der Waals surface area (Å²) in [5, 5.41) is 13.2. The minimum Gasteiger partial charge on any atom is -0.390 e. The Kier molecular flexibility index (Phi) is 5.63. The van der Waals surface area contributed by atoms with Crippen molar-refractivity contribution in [3.8, 4) is 0 Å². The number of β-amino-alcohol motifs (C(OH)–C–C–N with tert-alkyl or cyclic N) is 1. The Bertz CT molecular complexity index is 1150. The van der Waals surface area contributed by atoms with Gasteiger partial charge in [-0.2, -0.15) is 0 Å². The van der Waals surface area contributed by atoms with Gasteiger partial charge in [0, 0.05) is 51.7 Å². The molecular formula is C24H27N5O3. The molecule has 1 saturated heterocycles. The van der Waals surface area contributed by atoms with Gasteiger partial charge in [-0.25, -0.2) is 4.98 Å². The van der Waals surface area contributed by atoms with E-state index in [1.165, 1.54) is 11.1 Å². The average molecular weight is 434 g/mol. The van der Waals surface area contributed by atoms with E-state index in [4.69, 9.17) is 0 Å². The molecule has 4 heterocycles. The van der Waals surface area contributed by atoms with Crippen LogP contribution >= 0.6 is 0 Å². The van der Waals surface area contributed by atoms with Crippen LogP contribution in [0.3, 0.4) is 0 Å². The molecule has 0 bridgehead atoms. The van der Waals surface area contributed by atoms with E-state index in [0.717, 1.165) is 39.0 Å². The summed E-state index contributed by atoms with van der Waals surface area (Å²) < 4.78 is 1.70. The van der Waals surface area contributed by atoms with Crippen molar-refractivity contribution in [3.63, 3.8) is 0 Å². The molecule has 2 amide bonds. The Hall–Kier alpha value is -3.23. The second-order valence-corrected chi connectivity index (χ2v) is 8.57. The zero-order chi connectivity index (χ0) is 22.1. The molecule has 2 aliphatic rings. The van der Waals surface area contributed by atoms with Gasteiger partial charge in [-0.15, -0.1) is 0 Å². The van der Waals surface area contributed by atoms with Gasteiger partial charge in [-0.05, 0) is 36.1 Å². The van der Waals surface area contributed by atoms with Gasteiger partial charge in [0.2, 0.25) is 0 Å². The first kappa shape index (κ1) is 20.7. The number of rotatable bonds is 6. The number of amides is 2. The van der Waals surface area contributed by atoms with Crippen molar-refractivity contribution < 1.29 is 14.7 Å². The minimum absolute atomic E-state index is 0.00121. The number of hydrogen-bond acceptors (Lipinski definition) is 5. The normalized spacial score (nSPS) is 17.0. The number of carbonyl (C=O) groups excluding carboxylic acids is 2. The van der Waals surface area contributed by atoms with E-state index >= 15 is 0 Å². The summed E-state index contributed by atoms with van der Waals surface area (Å²) in [5.41, 5.74) is 4.11. The Morgan fingerprint density at radius 1 is 1.06 bits per heavy atom. The third-order valence-electron chi connectivity index (χ3n) is 6.25. The van der Waals surface area contributed by atoms with Crippen molar-refractivity contribution in [3.05, 3.63) is 71.2 Å². The van der Waals surface area contributed by atoms with Crippen LogP contribution in [0.5, 0.6) is 0 Å². The molecule has 2 N–H and O–H groups in total. The molecule has 166 valence electrons. The van der Waals surface area contributed by atoms with E-state index in [1.807, 2.05) is 6.07 Å². The fraction of sp³-hybridized carbons (Fsp3) is 0.375. The predicted molar refractivity (Wildman–Crippen MR) is 119 cm³/mol. The summed E-state index contributed by atoms with van der Waals surface area (Å²) in [6.07, 6.45) is 4.68. The highest BCUT2D eigenvalue weighted by Gasteiger charge is 2.23. The minimum atomic E-state index is -0.665. The van der Waals surface area contributed by atoms with Crippen molar-refractivity contribution in [2.45, 2.75) is 25.5 Å². The van der Waals surface area contributed by atoms with Gasteiger partial charge in [-0.1, -0.05) is 24.3 Å². The van der Waals surface area contributed by atoms with E-state index in [2.05, 4.69) is 33.4 Å². The fourth-order valence-corrected chi connectivity index (χ4v) is 4.30. The molecule has 8 heteroatoms. The molecule has 0 radical (unpaired) electrons. The zero-order valence-corrected chi connectivity index (χ0v) is 17.9. The van der Waals surface area contributed by atoms with Crippen LogP contribution in [0.15, 0.2) is 48.8 Å². The molecule has 1 aromatic carbocycles. The van der Waals surface area contributed by atoms with Crippen molar-refractivity contribution in [1.82, 2.24) is 24.5 Å². The quantitative estimate of drug-likeness (QED) is 0.612. The molecule has 2 aromatic heterocycles. The summed E-state index contributed by atoms with van der Waals surface area (Å²) >= 11 is 0. The van der Waals surface area contributed by atoms with Crippen LogP contribution in [0.25, 0.3) is 5.65 Å². The number of carbonyl (C=O) groups is 2. The predicted octanol–water partition coefficient (Wildman–Crippen LogP) is 1.33. The summed E-state index contributed by atoms with van der Waals surface area (Å²) in [5.74, 6) is -0.339. The number of aliphatic hydroxyl groups is 1. The third-order valence-corrected chi connectivity index (χ3v) is 6.25. The van der Waals surface area contributed by atoms with Gasteiger partial charge < -0.3 is 19.7 Å². The van der Waals surface area contributed by atoms with E-state index in [9.17, 15) is 14.7 Å². The lowest BCUT2D eigenvalue weighted by atomic mass is 10.00. The molecule has 0 unspecified atom stereocenters. The van der Waals surface area contributed by atoms with Crippen LogP contribution in [-0.2, 0) is 13.0 Å². The second-order valence-electron chi connectivity index (χ2n) is 8.57.